The van der Waals surface area contributed by atoms with E-state index in [1.807, 2.05) is 31.2 Å². The van der Waals surface area contributed by atoms with Crippen LogP contribution in [0.4, 0.5) is 8.78 Å². The van der Waals surface area contributed by atoms with Gasteiger partial charge in [-0.25, -0.2) is 0 Å². The molecule has 2 N–H and O–H groups in total. The number of amides is 1. The number of benzene rings is 2. The number of aromatic amines is 1. The van der Waals surface area contributed by atoms with Gasteiger partial charge in [-0.05, 0) is 49.5 Å². The van der Waals surface area contributed by atoms with Gasteiger partial charge in [-0.1, -0.05) is 18.2 Å². The second-order valence-corrected chi connectivity index (χ2v) is 6.86. The van der Waals surface area contributed by atoms with Crippen LogP contribution in [0.5, 0.6) is 11.5 Å². The molecule has 10 heteroatoms. The van der Waals surface area contributed by atoms with Crippen LogP contribution >= 0.6 is 12.2 Å². The summed E-state index contributed by atoms with van der Waals surface area (Å²) in [4.78, 5) is 12.3. The highest BCUT2D eigenvalue weighted by molar-refractivity contribution is 7.71. The molecule has 0 aliphatic rings. The van der Waals surface area contributed by atoms with Gasteiger partial charge in [0.2, 0.25) is 5.91 Å². The summed E-state index contributed by atoms with van der Waals surface area (Å²) >= 11 is 5.29. The van der Waals surface area contributed by atoms with E-state index in [9.17, 15) is 13.6 Å². The van der Waals surface area contributed by atoms with Crippen molar-refractivity contribution in [1.82, 2.24) is 20.1 Å². The third kappa shape index (κ3) is 6.11. The minimum atomic E-state index is -2.93. The Balaban J connectivity index is 1.61. The molecule has 1 amide bonds. The maximum Gasteiger partial charge on any atom is 0.387 e. The summed E-state index contributed by atoms with van der Waals surface area (Å²) in [5, 5.41) is 9.72. The van der Waals surface area contributed by atoms with E-state index in [0.29, 0.717) is 29.3 Å². The lowest BCUT2D eigenvalue weighted by atomic mass is 10.2. The van der Waals surface area contributed by atoms with Gasteiger partial charge < -0.3 is 14.8 Å². The maximum atomic E-state index is 12.5. The molecule has 0 bridgehead atoms. The van der Waals surface area contributed by atoms with Crippen LogP contribution in [0.15, 0.2) is 48.5 Å². The van der Waals surface area contributed by atoms with Crippen LogP contribution in [-0.2, 0) is 17.9 Å². The highest BCUT2D eigenvalue weighted by atomic mass is 32.1. The Morgan fingerprint density at radius 2 is 1.97 bits per heavy atom. The molecule has 0 atom stereocenters. The Kier molecular flexibility index (Phi) is 7.71. The second kappa shape index (κ2) is 10.7. The molecule has 0 unspecified atom stereocenters. The molecule has 0 radical (unpaired) electrons. The quantitative estimate of drug-likeness (QED) is 0.452. The van der Waals surface area contributed by atoms with Gasteiger partial charge in [-0.15, -0.1) is 0 Å². The monoisotopic (exact) mass is 448 g/mol. The van der Waals surface area contributed by atoms with Gasteiger partial charge in [0.25, 0.3) is 0 Å². The number of hydrogen-bond acceptors (Lipinski definition) is 5. The van der Waals surface area contributed by atoms with Gasteiger partial charge in [0, 0.05) is 30.6 Å². The fraction of sp³-hybridized carbons (Fsp3) is 0.286. The van der Waals surface area contributed by atoms with Crippen LogP contribution in [0, 0.1) is 4.77 Å². The van der Waals surface area contributed by atoms with Gasteiger partial charge in [0.1, 0.15) is 11.5 Å². The van der Waals surface area contributed by atoms with Crippen LogP contribution in [-0.4, -0.2) is 33.9 Å². The molecule has 3 aromatic rings. The average molecular weight is 448 g/mol. The minimum Gasteiger partial charge on any atom is -0.494 e. The standard InChI is InChI=1S/C21H22F2N4O3S/c1-2-29-16-9-7-14(8-10-16)19-25-26-21(31)27(19)12-11-18(28)24-13-15-5-3-4-6-17(15)30-20(22)23/h3-10,20H,2,11-13H2,1H3,(H,24,28)(H,26,31). The fourth-order valence-electron chi connectivity index (χ4n) is 2.97. The molecular weight excluding hydrogens is 426 g/mol. The van der Waals surface area contributed by atoms with Crippen molar-refractivity contribution in [3.05, 3.63) is 58.9 Å². The third-order valence-electron chi connectivity index (χ3n) is 4.41. The van der Waals surface area contributed by atoms with Gasteiger partial charge >= 0.3 is 6.61 Å². The number of carbonyl (C=O) groups is 1. The maximum absolute atomic E-state index is 12.5. The molecule has 0 aliphatic carbocycles. The van der Waals surface area contributed by atoms with Crippen molar-refractivity contribution < 1.29 is 23.0 Å². The first-order chi connectivity index (χ1) is 15.0. The number of hydrogen-bond donors (Lipinski definition) is 2. The number of halogens is 2. The smallest absolute Gasteiger partial charge is 0.387 e. The Labute approximate surface area is 183 Å². The van der Waals surface area contributed by atoms with Crippen LogP contribution in [0.1, 0.15) is 18.9 Å². The van der Waals surface area contributed by atoms with Crippen molar-refractivity contribution in [2.45, 2.75) is 33.0 Å². The average Bonchev–Trinajstić information content (AvgIpc) is 3.12. The van der Waals surface area contributed by atoms with Gasteiger partial charge in [-0.3, -0.25) is 14.5 Å². The number of nitrogens with zero attached hydrogens (tertiary/aromatic N) is 2. The summed E-state index contributed by atoms with van der Waals surface area (Å²) in [7, 11) is 0. The highest BCUT2D eigenvalue weighted by Gasteiger charge is 2.13. The molecule has 2 aromatic carbocycles. The van der Waals surface area contributed by atoms with Gasteiger partial charge in [-0.2, -0.15) is 13.9 Å². The van der Waals surface area contributed by atoms with Gasteiger partial charge in [0.15, 0.2) is 10.6 Å². The SMILES string of the molecule is CCOc1ccc(-c2n[nH]c(=S)n2CCC(=O)NCc2ccccc2OC(F)F)cc1. The molecular formula is C21H22F2N4O3S. The highest BCUT2D eigenvalue weighted by Crippen LogP contribution is 2.22. The lowest BCUT2D eigenvalue weighted by Crippen LogP contribution is -2.24. The second-order valence-electron chi connectivity index (χ2n) is 6.47. The van der Waals surface area contributed by atoms with Crippen molar-refractivity contribution in [2.24, 2.45) is 0 Å². The molecule has 1 aromatic heterocycles. The molecule has 164 valence electrons. The van der Waals surface area contributed by atoms with Crippen molar-refractivity contribution in [3.63, 3.8) is 0 Å². The molecule has 0 fully saturated rings. The molecule has 1 heterocycles. The van der Waals surface area contributed by atoms with Crippen LogP contribution < -0.4 is 14.8 Å². The lowest BCUT2D eigenvalue weighted by Gasteiger charge is -2.12. The Hall–Kier alpha value is -3.27. The largest absolute Gasteiger partial charge is 0.494 e. The molecule has 31 heavy (non-hydrogen) atoms. The molecule has 0 aliphatic heterocycles. The van der Waals surface area contributed by atoms with Crippen molar-refractivity contribution >= 4 is 18.1 Å². The number of nitrogens with one attached hydrogen (secondary N) is 2. The summed E-state index contributed by atoms with van der Waals surface area (Å²) in [6, 6.07) is 13.7. The zero-order chi connectivity index (χ0) is 22.2. The van der Waals surface area contributed by atoms with E-state index in [0.717, 1.165) is 11.3 Å². The first-order valence-electron chi connectivity index (χ1n) is 9.65. The summed E-state index contributed by atoms with van der Waals surface area (Å²) in [5.41, 5.74) is 1.29. The predicted octanol–water partition coefficient (Wildman–Crippen LogP) is 4.31. The number of carbonyl (C=O) groups excluding carboxylic acids is 1. The number of H-pyrrole nitrogens is 1. The third-order valence-corrected chi connectivity index (χ3v) is 4.72. The number of rotatable bonds is 10. The van der Waals surface area contributed by atoms with E-state index < -0.39 is 6.61 Å². The van der Waals surface area contributed by atoms with E-state index in [2.05, 4.69) is 20.3 Å². The predicted molar refractivity (Wildman–Crippen MR) is 114 cm³/mol. The number of para-hydroxylation sites is 1. The zero-order valence-corrected chi connectivity index (χ0v) is 17.6. The topological polar surface area (TPSA) is 81.2 Å². The molecule has 0 saturated heterocycles. The summed E-state index contributed by atoms with van der Waals surface area (Å²) < 4.78 is 37.1. The molecule has 0 spiro atoms. The van der Waals surface area contributed by atoms with Crippen LogP contribution in [0.25, 0.3) is 11.4 Å². The molecule has 3 rings (SSSR count). The minimum absolute atomic E-state index is 0.0349. The molecule has 7 nitrogen and oxygen atoms in total. The zero-order valence-electron chi connectivity index (χ0n) is 16.8. The van der Waals surface area contributed by atoms with Crippen LogP contribution in [0.2, 0.25) is 0 Å². The number of aromatic nitrogens is 3. The van der Waals surface area contributed by atoms with Crippen LogP contribution in [0.3, 0.4) is 0 Å². The van der Waals surface area contributed by atoms with Gasteiger partial charge in [0.05, 0.1) is 6.61 Å². The normalized spacial score (nSPS) is 10.8. The first kappa shape index (κ1) is 22.4. The van der Waals surface area contributed by atoms with Crippen molar-refractivity contribution in [1.29, 1.82) is 0 Å². The Bertz CT molecular complexity index is 1070. The van der Waals surface area contributed by atoms with E-state index in [1.165, 1.54) is 6.07 Å². The number of ether oxygens (including phenoxy) is 2. The van der Waals surface area contributed by atoms with E-state index >= 15 is 0 Å². The summed E-state index contributed by atoms with van der Waals surface area (Å²) in [6.07, 6.45) is 0.135. The first-order valence-corrected chi connectivity index (χ1v) is 10.1. The summed E-state index contributed by atoms with van der Waals surface area (Å²) in [5.74, 6) is 1.14. The van der Waals surface area contributed by atoms with E-state index in [1.54, 1.807) is 22.8 Å². The molecule has 0 saturated carbocycles. The van der Waals surface area contributed by atoms with Crippen molar-refractivity contribution in [3.8, 4) is 22.9 Å². The van der Waals surface area contributed by atoms with E-state index in [-0.39, 0.29) is 24.6 Å². The van der Waals surface area contributed by atoms with E-state index in [4.69, 9.17) is 17.0 Å². The van der Waals surface area contributed by atoms with Crippen molar-refractivity contribution in [2.75, 3.05) is 6.61 Å². The Morgan fingerprint density at radius 1 is 1.23 bits per heavy atom. The lowest BCUT2D eigenvalue weighted by molar-refractivity contribution is -0.121. The fourth-order valence-corrected chi connectivity index (χ4v) is 3.19. The summed E-state index contributed by atoms with van der Waals surface area (Å²) in [6.45, 7) is -0.0651. The Morgan fingerprint density at radius 3 is 2.68 bits per heavy atom. The number of alkyl halides is 2.